The Balaban J connectivity index is 1.61. The summed E-state index contributed by atoms with van der Waals surface area (Å²) in [5, 5.41) is 4.24. The van der Waals surface area contributed by atoms with Gasteiger partial charge in [-0.05, 0) is 42.0 Å². The summed E-state index contributed by atoms with van der Waals surface area (Å²) in [4.78, 5) is 4.86. The molecule has 0 saturated heterocycles. The molecule has 4 nitrogen and oxygen atoms in total. The van der Waals surface area contributed by atoms with E-state index >= 15 is 0 Å². The van der Waals surface area contributed by atoms with Crippen LogP contribution in [0.2, 0.25) is 0 Å². The van der Waals surface area contributed by atoms with Crippen molar-refractivity contribution in [2.24, 2.45) is 7.05 Å². The van der Waals surface area contributed by atoms with E-state index in [2.05, 4.69) is 29.4 Å². The Kier molecular flexibility index (Phi) is 3.23. The van der Waals surface area contributed by atoms with Crippen LogP contribution in [0.15, 0.2) is 59.5 Å². The Morgan fingerprint density at radius 1 is 1.12 bits per heavy atom. The van der Waals surface area contributed by atoms with Crippen molar-refractivity contribution in [3.8, 4) is 22.4 Å². The van der Waals surface area contributed by atoms with E-state index in [0.717, 1.165) is 33.8 Å². The molecule has 1 saturated carbocycles. The van der Waals surface area contributed by atoms with Crippen LogP contribution < -0.4 is 0 Å². The van der Waals surface area contributed by atoms with E-state index in [0.29, 0.717) is 0 Å². The van der Waals surface area contributed by atoms with E-state index in [-0.39, 0.29) is 0 Å². The van der Waals surface area contributed by atoms with Gasteiger partial charge in [0.1, 0.15) is 11.8 Å². The van der Waals surface area contributed by atoms with Crippen molar-refractivity contribution in [1.29, 1.82) is 0 Å². The fourth-order valence-corrected chi connectivity index (χ4v) is 3.53. The zero-order valence-corrected chi connectivity index (χ0v) is 14.1. The zero-order valence-electron chi connectivity index (χ0n) is 14.1. The minimum absolute atomic E-state index is 0.719. The van der Waals surface area contributed by atoms with Crippen molar-refractivity contribution >= 4 is 11.1 Å². The number of furan rings is 1. The summed E-state index contributed by atoms with van der Waals surface area (Å²) in [6.45, 7) is 0. The first-order valence-electron chi connectivity index (χ1n) is 8.75. The lowest BCUT2D eigenvalue weighted by molar-refractivity contribution is 0.420. The lowest BCUT2D eigenvalue weighted by atomic mass is 9.79. The van der Waals surface area contributed by atoms with E-state index in [1.807, 2.05) is 37.8 Å². The molecule has 3 heterocycles. The van der Waals surface area contributed by atoms with E-state index < -0.39 is 0 Å². The molecule has 0 N–H and O–H groups in total. The maximum Gasteiger partial charge on any atom is 0.153 e. The molecule has 4 heteroatoms. The number of rotatable bonds is 3. The number of hydrogen-bond acceptors (Lipinski definition) is 3. The first kappa shape index (κ1) is 14.5. The molecular weight excluding hydrogens is 310 g/mol. The molecule has 0 unspecified atom stereocenters. The van der Waals surface area contributed by atoms with Crippen molar-refractivity contribution in [3.63, 3.8) is 0 Å². The summed E-state index contributed by atoms with van der Waals surface area (Å²) < 4.78 is 7.55. The highest BCUT2D eigenvalue weighted by Gasteiger charge is 2.20. The highest BCUT2D eigenvalue weighted by atomic mass is 16.3. The summed E-state index contributed by atoms with van der Waals surface area (Å²) >= 11 is 0. The van der Waals surface area contributed by atoms with Crippen molar-refractivity contribution in [1.82, 2.24) is 14.8 Å². The van der Waals surface area contributed by atoms with Crippen LogP contribution in [-0.2, 0) is 7.05 Å². The summed E-state index contributed by atoms with van der Waals surface area (Å²) in [6, 6.07) is 12.8. The second-order valence-corrected chi connectivity index (χ2v) is 6.85. The number of aromatic nitrogens is 3. The number of hydrogen-bond donors (Lipinski definition) is 0. The third-order valence-corrected chi connectivity index (χ3v) is 5.19. The fourth-order valence-electron chi connectivity index (χ4n) is 3.53. The van der Waals surface area contributed by atoms with Gasteiger partial charge < -0.3 is 4.42 Å². The van der Waals surface area contributed by atoms with Gasteiger partial charge in [-0.1, -0.05) is 30.7 Å². The van der Waals surface area contributed by atoms with Gasteiger partial charge in [-0.2, -0.15) is 5.10 Å². The van der Waals surface area contributed by atoms with Gasteiger partial charge in [-0.15, -0.1) is 0 Å². The van der Waals surface area contributed by atoms with Crippen molar-refractivity contribution in [2.75, 3.05) is 0 Å². The second kappa shape index (κ2) is 5.59. The predicted molar refractivity (Wildman–Crippen MR) is 98.2 cm³/mol. The van der Waals surface area contributed by atoms with Crippen LogP contribution in [-0.4, -0.2) is 14.8 Å². The molecule has 1 aromatic carbocycles. The van der Waals surface area contributed by atoms with E-state index in [9.17, 15) is 0 Å². The van der Waals surface area contributed by atoms with E-state index in [1.165, 1.54) is 30.4 Å². The zero-order chi connectivity index (χ0) is 16.8. The summed E-state index contributed by atoms with van der Waals surface area (Å²) in [5.41, 5.74) is 7.32. The molecule has 25 heavy (non-hydrogen) atoms. The monoisotopic (exact) mass is 329 g/mol. The van der Waals surface area contributed by atoms with Crippen LogP contribution >= 0.6 is 0 Å². The smallest absolute Gasteiger partial charge is 0.153 e. The van der Waals surface area contributed by atoms with Gasteiger partial charge in [0.05, 0.1) is 11.9 Å². The van der Waals surface area contributed by atoms with Gasteiger partial charge in [-0.3, -0.25) is 4.68 Å². The van der Waals surface area contributed by atoms with Gasteiger partial charge in [0.2, 0.25) is 0 Å². The van der Waals surface area contributed by atoms with Crippen molar-refractivity contribution < 1.29 is 4.42 Å². The van der Waals surface area contributed by atoms with Crippen LogP contribution in [0.4, 0.5) is 0 Å². The number of nitrogens with zero attached hydrogens (tertiary/aromatic N) is 3. The normalized spacial score (nSPS) is 14.8. The molecule has 0 radical (unpaired) electrons. The number of benzene rings is 1. The first-order valence-corrected chi connectivity index (χ1v) is 8.75. The molecule has 1 aliphatic carbocycles. The van der Waals surface area contributed by atoms with Crippen LogP contribution in [0.5, 0.6) is 0 Å². The van der Waals surface area contributed by atoms with Crippen molar-refractivity contribution in [3.05, 3.63) is 60.6 Å². The average Bonchev–Trinajstić information content (AvgIpc) is 3.19. The Bertz CT molecular complexity index is 1060. The summed E-state index contributed by atoms with van der Waals surface area (Å²) in [6.07, 6.45) is 9.60. The minimum atomic E-state index is 0.719. The van der Waals surface area contributed by atoms with Gasteiger partial charge in [-0.25, -0.2) is 4.98 Å². The predicted octanol–water partition coefficient (Wildman–Crippen LogP) is 5.16. The maximum absolute atomic E-state index is 5.76. The Morgan fingerprint density at radius 2 is 2.04 bits per heavy atom. The summed E-state index contributed by atoms with van der Waals surface area (Å²) in [7, 11) is 1.91. The third kappa shape index (κ3) is 2.45. The maximum atomic E-state index is 5.76. The molecule has 0 spiro atoms. The Morgan fingerprint density at radius 3 is 2.80 bits per heavy atom. The molecule has 1 fully saturated rings. The molecule has 124 valence electrons. The van der Waals surface area contributed by atoms with E-state index in [4.69, 9.17) is 9.40 Å². The fraction of sp³-hybridized carbons (Fsp3) is 0.238. The molecule has 0 aliphatic heterocycles. The lowest BCUT2D eigenvalue weighted by Crippen LogP contribution is -2.08. The SMILES string of the molecule is Cn1cc(-c2ccc3occ(-c4cccc(C5CCC5)c4)c3n2)cn1. The molecule has 4 aromatic rings. The number of fused-ring (bicyclic) bond motifs is 1. The molecule has 3 aromatic heterocycles. The van der Waals surface area contributed by atoms with Gasteiger partial charge in [0.25, 0.3) is 0 Å². The molecule has 0 bridgehead atoms. The first-order chi connectivity index (χ1) is 12.3. The lowest BCUT2D eigenvalue weighted by Gasteiger charge is -2.26. The average molecular weight is 329 g/mol. The number of aryl methyl sites for hydroxylation is 1. The van der Waals surface area contributed by atoms with Gasteiger partial charge in [0, 0.05) is 24.4 Å². The molecule has 5 rings (SSSR count). The largest absolute Gasteiger partial charge is 0.462 e. The highest BCUT2D eigenvalue weighted by Crippen LogP contribution is 2.39. The molecule has 0 atom stereocenters. The van der Waals surface area contributed by atoms with Gasteiger partial charge in [0.15, 0.2) is 5.58 Å². The molecular formula is C21H19N3O. The minimum Gasteiger partial charge on any atom is -0.462 e. The van der Waals surface area contributed by atoms with Crippen LogP contribution in [0.3, 0.4) is 0 Å². The van der Waals surface area contributed by atoms with Crippen LogP contribution in [0.25, 0.3) is 33.5 Å². The number of pyridine rings is 1. The Hall–Kier alpha value is -2.88. The van der Waals surface area contributed by atoms with Crippen LogP contribution in [0, 0.1) is 0 Å². The van der Waals surface area contributed by atoms with Crippen molar-refractivity contribution in [2.45, 2.75) is 25.2 Å². The molecule has 0 amide bonds. The van der Waals surface area contributed by atoms with Crippen LogP contribution in [0.1, 0.15) is 30.7 Å². The summed E-state index contributed by atoms with van der Waals surface area (Å²) in [5.74, 6) is 0.719. The third-order valence-electron chi connectivity index (χ3n) is 5.19. The highest BCUT2D eigenvalue weighted by molar-refractivity contribution is 5.92. The standard InChI is InChI=1S/C21H19N3O/c1-24-12-17(11-22-24)19-8-9-20-21(23-19)18(13-25-20)16-7-3-6-15(10-16)14-4-2-5-14/h3,6-14H,2,4-5H2,1H3. The second-order valence-electron chi connectivity index (χ2n) is 6.85. The van der Waals surface area contributed by atoms with Gasteiger partial charge >= 0.3 is 0 Å². The molecule has 1 aliphatic rings. The topological polar surface area (TPSA) is 43.9 Å². The van der Waals surface area contributed by atoms with E-state index in [1.54, 1.807) is 4.68 Å². The quantitative estimate of drug-likeness (QED) is 0.521. The Labute approximate surface area is 146 Å².